The second-order valence-electron chi connectivity index (χ2n) is 6.93. The lowest BCUT2D eigenvalue weighted by molar-refractivity contribution is 0.0737. The van der Waals surface area contributed by atoms with Gasteiger partial charge >= 0.3 is 0 Å². The fourth-order valence-electron chi connectivity index (χ4n) is 3.81. The summed E-state index contributed by atoms with van der Waals surface area (Å²) in [5, 5.41) is 0. The van der Waals surface area contributed by atoms with Gasteiger partial charge in [0.1, 0.15) is 6.33 Å². The van der Waals surface area contributed by atoms with Crippen LogP contribution in [0.2, 0.25) is 0 Å². The van der Waals surface area contributed by atoms with Crippen molar-refractivity contribution < 1.29 is 9.53 Å². The number of amides is 1. The molecule has 2 aliphatic rings. The summed E-state index contributed by atoms with van der Waals surface area (Å²) in [6, 6.07) is 8.13. The Morgan fingerprint density at radius 3 is 3.04 bits per heavy atom. The molecule has 1 aliphatic heterocycles. The molecule has 1 aliphatic carbocycles. The van der Waals surface area contributed by atoms with Gasteiger partial charge in [-0.15, -0.1) is 0 Å². The summed E-state index contributed by atoms with van der Waals surface area (Å²) in [7, 11) is 0. The summed E-state index contributed by atoms with van der Waals surface area (Å²) in [5.74, 6) is 0.378. The van der Waals surface area contributed by atoms with Crippen LogP contribution in [0.4, 0.5) is 0 Å². The number of rotatable bonds is 3. The predicted octanol–water partition coefficient (Wildman–Crippen LogP) is 2.30. The fourth-order valence-corrected chi connectivity index (χ4v) is 3.81. The van der Waals surface area contributed by atoms with Crippen molar-refractivity contribution in [3.63, 3.8) is 0 Å². The molecule has 1 fully saturated rings. The van der Waals surface area contributed by atoms with E-state index < -0.39 is 0 Å². The molecule has 2 aromatic rings. The van der Waals surface area contributed by atoms with Crippen LogP contribution in [0.15, 0.2) is 36.8 Å². The topological polar surface area (TPSA) is 55.3 Å². The number of benzene rings is 1. The molecular formula is C20H23N3O2. The van der Waals surface area contributed by atoms with E-state index in [9.17, 15) is 4.79 Å². The summed E-state index contributed by atoms with van der Waals surface area (Å²) in [6.45, 7) is 2.62. The molecule has 0 unspecified atom stereocenters. The Morgan fingerprint density at radius 1 is 1.24 bits per heavy atom. The Labute approximate surface area is 148 Å². The van der Waals surface area contributed by atoms with Gasteiger partial charge in [0.25, 0.3) is 5.91 Å². The quantitative estimate of drug-likeness (QED) is 0.862. The van der Waals surface area contributed by atoms with Gasteiger partial charge in [-0.05, 0) is 55.0 Å². The Balaban J connectivity index is 1.47. The van der Waals surface area contributed by atoms with Crippen LogP contribution in [0.1, 0.15) is 33.6 Å². The zero-order valence-electron chi connectivity index (χ0n) is 14.4. The molecule has 0 radical (unpaired) electrons. The van der Waals surface area contributed by atoms with Gasteiger partial charge in [0.2, 0.25) is 0 Å². The number of carbonyl (C=O) groups excluding carboxylic acids is 1. The summed E-state index contributed by atoms with van der Waals surface area (Å²) in [4.78, 5) is 23.2. The Bertz CT molecular complexity index is 748. The number of nitrogens with zero attached hydrogens (tertiary/aromatic N) is 3. The normalized spacial score (nSPS) is 20.2. The van der Waals surface area contributed by atoms with Crippen molar-refractivity contribution in [2.75, 3.05) is 26.3 Å². The maximum atomic E-state index is 13.0. The van der Waals surface area contributed by atoms with Crippen LogP contribution in [0.5, 0.6) is 0 Å². The average molecular weight is 337 g/mol. The van der Waals surface area contributed by atoms with E-state index in [1.54, 1.807) is 12.5 Å². The highest BCUT2D eigenvalue weighted by molar-refractivity contribution is 5.94. The lowest BCUT2D eigenvalue weighted by Crippen LogP contribution is -2.36. The second kappa shape index (κ2) is 7.31. The predicted molar refractivity (Wildman–Crippen MR) is 94.4 cm³/mol. The third-order valence-corrected chi connectivity index (χ3v) is 5.11. The highest BCUT2D eigenvalue weighted by Gasteiger charge is 2.25. The first-order chi connectivity index (χ1) is 12.3. The molecule has 1 aromatic carbocycles. The Hall–Kier alpha value is -2.27. The number of aromatic nitrogens is 2. The smallest absolute Gasteiger partial charge is 0.253 e. The molecule has 1 saturated heterocycles. The molecule has 1 amide bonds. The van der Waals surface area contributed by atoms with E-state index >= 15 is 0 Å². The second-order valence-corrected chi connectivity index (χ2v) is 6.93. The molecule has 0 N–H and O–H groups in total. The maximum Gasteiger partial charge on any atom is 0.253 e. The van der Waals surface area contributed by atoms with Crippen LogP contribution < -0.4 is 0 Å². The van der Waals surface area contributed by atoms with Crippen molar-refractivity contribution in [1.82, 2.24) is 14.9 Å². The van der Waals surface area contributed by atoms with Gasteiger partial charge in [-0.3, -0.25) is 4.79 Å². The monoisotopic (exact) mass is 337 g/mol. The molecule has 0 saturated carbocycles. The first-order valence-electron chi connectivity index (χ1n) is 9.03. The highest BCUT2D eigenvalue weighted by atomic mass is 16.5. The van der Waals surface area contributed by atoms with Crippen LogP contribution in [0, 0.1) is 5.92 Å². The van der Waals surface area contributed by atoms with Crippen LogP contribution >= 0.6 is 0 Å². The Kier molecular flexibility index (Phi) is 4.74. The van der Waals surface area contributed by atoms with E-state index in [2.05, 4.69) is 22.1 Å². The minimum Gasteiger partial charge on any atom is -0.379 e. The summed E-state index contributed by atoms with van der Waals surface area (Å²) in [5.41, 5.74) is 4.55. The van der Waals surface area contributed by atoms with Crippen LogP contribution in [0.25, 0.3) is 0 Å². The van der Waals surface area contributed by atoms with Crippen molar-refractivity contribution in [3.05, 3.63) is 59.2 Å². The number of ether oxygens (including phenoxy) is 1. The minimum absolute atomic E-state index is 0.118. The van der Waals surface area contributed by atoms with Crippen molar-refractivity contribution in [3.8, 4) is 0 Å². The molecule has 25 heavy (non-hydrogen) atoms. The van der Waals surface area contributed by atoms with Crippen molar-refractivity contribution in [2.24, 2.45) is 5.92 Å². The average Bonchev–Trinajstić information content (AvgIpc) is 3.00. The molecule has 1 atom stereocenters. The zero-order chi connectivity index (χ0) is 17.1. The molecular weight excluding hydrogens is 314 g/mol. The lowest BCUT2D eigenvalue weighted by atomic mass is 10.0. The number of fused-ring (bicyclic) bond motifs is 1. The van der Waals surface area contributed by atoms with E-state index in [0.717, 1.165) is 30.5 Å². The number of carbonyl (C=O) groups is 1. The van der Waals surface area contributed by atoms with Crippen molar-refractivity contribution in [2.45, 2.75) is 25.7 Å². The number of aryl methyl sites for hydroxylation is 2. The lowest BCUT2D eigenvalue weighted by Gasteiger charge is -2.24. The molecule has 0 spiro atoms. The van der Waals surface area contributed by atoms with E-state index in [4.69, 9.17) is 4.74 Å². The first kappa shape index (κ1) is 16.2. The molecule has 5 nitrogen and oxygen atoms in total. The van der Waals surface area contributed by atoms with Crippen LogP contribution in [-0.4, -0.2) is 47.1 Å². The number of hydrogen-bond donors (Lipinski definition) is 0. The SMILES string of the molecule is O=C(c1ccc2c(c1)CCC2)N1CCOC[C@@H](Cc2ccncn2)C1. The third-order valence-electron chi connectivity index (χ3n) is 5.11. The van der Waals surface area contributed by atoms with Gasteiger partial charge in [0.05, 0.1) is 13.2 Å². The van der Waals surface area contributed by atoms with E-state index in [0.29, 0.717) is 26.3 Å². The molecule has 130 valence electrons. The van der Waals surface area contributed by atoms with Crippen molar-refractivity contribution >= 4 is 5.91 Å². The third kappa shape index (κ3) is 3.71. The highest BCUT2D eigenvalue weighted by Crippen LogP contribution is 2.24. The van der Waals surface area contributed by atoms with Gasteiger partial charge in [0.15, 0.2) is 0 Å². The van der Waals surface area contributed by atoms with Crippen LogP contribution in [0.3, 0.4) is 0 Å². The maximum absolute atomic E-state index is 13.0. The van der Waals surface area contributed by atoms with E-state index in [-0.39, 0.29) is 11.8 Å². The largest absolute Gasteiger partial charge is 0.379 e. The molecule has 2 heterocycles. The number of hydrogen-bond acceptors (Lipinski definition) is 4. The minimum atomic E-state index is 0.118. The van der Waals surface area contributed by atoms with Crippen LogP contribution in [-0.2, 0) is 24.0 Å². The van der Waals surface area contributed by atoms with Gasteiger partial charge in [-0.1, -0.05) is 6.07 Å². The van der Waals surface area contributed by atoms with E-state index in [1.165, 1.54) is 17.5 Å². The summed E-state index contributed by atoms with van der Waals surface area (Å²) < 4.78 is 5.73. The Morgan fingerprint density at radius 2 is 2.16 bits per heavy atom. The summed E-state index contributed by atoms with van der Waals surface area (Å²) in [6.07, 6.45) is 7.56. The molecule has 0 bridgehead atoms. The zero-order valence-corrected chi connectivity index (χ0v) is 14.4. The van der Waals surface area contributed by atoms with Crippen molar-refractivity contribution in [1.29, 1.82) is 0 Å². The van der Waals surface area contributed by atoms with Gasteiger partial charge < -0.3 is 9.64 Å². The fraction of sp³-hybridized carbons (Fsp3) is 0.450. The van der Waals surface area contributed by atoms with Gasteiger partial charge in [-0.25, -0.2) is 9.97 Å². The molecule has 4 rings (SSSR count). The first-order valence-corrected chi connectivity index (χ1v) is 9.03. The standard InChI is InChI=1S/C20H23N3O2/c24-20(18-5-4-16-2-1-3-17(16)11-18)23-8-9-25-13-15(12-23)10-19-6-7-21-14-22-19/h4-7,11,14-15H,1-3,8-10,12-13H2/t15-/m0/s1. The van der Waals surface area contributed by atoms with E-state index in [1.807, 2.05) is 17.0 Å². The molecule has 5 heteroatoms. The summed E-state index contributed by atoms with van der Waals surface area (Å²) >= 11 is 0. The van der Waals surface area contributed by atoms with Gasteiger partial charge in [-0.2, -0.15) is 0 Å². The molecule has 1 aromatic heterocycles. The van der Waals surface area contributed by atoms with Gasteiger partial charge in [0, 0.05) is 36.5 Å².